The minimum Gasteiger partial charge on any atom is -0.494 e. The summed E-state index contributed by atoms with van der Waals surface area (Å²) >= 11 is 0. The smallest absolute Gasteiger partial charge is 0.243 e. The fourth-order valence-electron chi connectivity index (χ4n) is 5.38. The van der Waals surface area contributed by atoms with Crippen LogP contribution in [0.1, 0.15) is 44.2 Å². The van der Waals surface area contributed by atoms with Crippen LogP contribution in [0.25, 0.3) is 10.8 Å². The van der Waals surface area contributed by atoms with Gasteiger partial charge in [0.1, 0.15) is 5.75 Å². The molecule has 6 nitrogen and oxygen atoms in total. The van der Waals surface area contributed by atoms with Crippen molar-refractivity contribution in [1.29, 1.82) is 0 Å². The van der Waals surface area contributed by atoms with Crippen molar-refractivity contribution in [3.63, 3.8) is 0 Å². The van der Waals surface area contributed by atoms with Gasteiger partial charge >= 0.3 is 0 Å². The maximum Gasteiger partial charge on any atom is 0.243 e. The standard InChI is InChI=1S/C28H32N2O4S/c1-2-34-25-12-9-22(10-13-25)27-8-5-17-30(27)28(31)23-15-18-29(19-16-23)35(32,33)26-14-11-21-6-3-4-7-24(21)20-26/h3-4,6-7,9-14,20,23,27H,2,5,8,15-19H2,1H3. The molecule has 1 unspecified atom stereocenters. The number of ether oxygens (including phenoxy) is 1. The van der Waals surface area contributed by atoms with Gasteiger partial charge in [-0.05, 0) is 73.2 Å². The molecule has 5 rings (SSSR count). The number of amides is 1. The van der Waals surface area contributed by atoms with Crippen molar-refractivity contribution in [2.24, 2.45) is 5.92 Å². The molecule has 2 aliphatic rings. The van der Waals surface area contributed by atoms with Crippen LogP contribution in [0.5, 0.6) is 5.75 Å². The van der Waals surface area contributed by atoms with Gasteiger partial charge in [0.2, 0.25) is 15.9 Å². The Kier molecular flexibility index (Phi) is 6.80. The van der Waals surface area contributed by atoms with Crippen LogP contribution < -0.4 is 4.74 Å². The lowest BCUT2D eigenvalue weighted by Gasteiger charge is -2.34. The molecular weight excluding hydrogens is 460 g/mol. The minimum atomic E-state index is -3.59. The summed E-state index contributed by atoms with van der Waals surface area (Å²) in [6.07, 6.45) is 3.05. The van der Waals surface area contributed by atoms with Crippen LogP contribution in [0.15, 0.2) is 71.6 Å². The van der Waals surface area contributed by atoms with E-state index in [1.165, 1.54) is 4.31 Å². The second-order valence-electron chi connectivity index (χ2n) is 9.38. The fraction of sp³-hybridized carbons (Fsp3) is 0.393. The molecule has 0 aromatic heterocycles. The Hall–Kier alpha value is -2.90. The highest BCUT2D eigenvalue weighted by Crippen LogP contribution is 2.36. The number of hydrogen-bond donors (Lipinski definition) is 0. The summed E-state index contributed by atoms with van der Waals surface area (Å²) in [4.78, 5) is 15.8. The Labute approximate surface area is 207 Å². The molecule has 0 spiro atoms. The second-order valence-corrected chi connectivity index (χ2v) is 11.3. The first-order valence-electron chi connectivity index (χ1n) is 12.5. The predicted octanol–water partition coefficient (Wildman–Crippen LogP) is 5.00. The highest BCUT2D eigenvalue weighted by Gasteiger charge is 2.37. The zero-order valence-electron chi connectivity index (χ0n) is 20.1. The number of piperidine rings is 1. The second kappa shape index (κ2) is 9.99. The lowest BCUT2D eigenvalue weighted by Crippen LogP contribution is -2.44. The van der Waals surface area contributed by atoms with Crippen molar-refractivity contribution in [2.75, 3.05) is 26.2 Å². The molecule has 184 valence electrons. The van der Waals surface area contributed by atoms with E-state index in [2.05, 4.69) is 12.1 Å². The summed E-state index contributed by atoms with van der Waals surface area (Å²) in [6.45, 7) is 4.08. The van der Waals surface area contributed by atoms with Gasteiger partial charge in [0, 0.05) is 25.6 Å². The molecule has 2 heterocycles. The Morgan fingerprint density at radius 1 is 0.914 bits per heavy atom. The van der Waals surface area contributed by atoms with Gasteiger partial charge in [0.15, 0.2) is 0 Å². The number of carbonyl (C=O) groups excluding carboxylic acids is 1. The van der Waals surface area contributed by atoms with Gasteiger partial charge in [-0.15, -0.1) is 0 Å². The van der Waals surface area contributed by atoms with Crippen LogP contribution >= 0.6 is 0 Å². The number of nitrogens with zero attached hydrogens (tertiary/aromatic N) is 2. The monoisotopic (exact) mass is 492 g/mol. The van der Waals surface area contributed by atoms with Gasteiger partial charge in [-0.2, -0.15) is 4.31 Å². The van der Waals surface area contributed by atoms with Gasteiger partial charge in [-0.1, -0.05) is 42.5 Å². The third-order valence-corrected chi connectivity index (χ3v) is 9.17. The molecule has 3 aromatic rings. The molecule has 35 heavy (non-hydrogen) atoms. The molecule has 0 radical (unpaired) electrons. The normalized spacial score (nSPS) is 19.8. The van der Waals surface area contributed by atoms with Gasteiger partial charge in [-0.25, -0.2) is 8.42 Å². The lowest BCUT2D eigenvalue weighted by molar-refractivity contribution is -0.137. The molecule has 0 bridgehead atoms. The Bertz CT molecular complexity index is 1300. The Morgan fingerprint density at radius 3 is 2.34 bits per heavy atom. The predicted molar refractivity (Wildman–Crippen MR) is 137 cm³/mol. The fourth-order valence-corrected chi connectivity index (χ4v) is 6.89. The number of rotatable bonds is 6. The van der Waals surface area contributed by atoms with Crippen molar-refractivity contribution in [2.45, 2.75) is 43.5 Å². The molecule has 1 amide bonds. The summed E-state index contributed by atoms with van der Waals surface area (Å²) in [5.41, 5.74) is 1.13. The third kappa shape index (κ3) is 4.80. The van der Waals surface area contributed by atoms with Crippen LogP contribution in [0.3, 0.4) is 0 Å². The molecule has 2 fully saturated rings. The van der Waals surface area contributed by atoms with Crippen molar-refractivity contribution in [1.82, 2.24) is 9.21 Å². The first-order chi connectivity index (χ1) is 17.0. The molecule has 1 atom stereocenters. The van der Waals surface area contributed by atoms with Crippen molar-refractivity contribution >= 4 is 26.7 Å². The van der Waals surface area contributed by atoms with Crippen molar-refractivity contribution in [3.05, 3.63) is 72.3 Å². The van der Waals surface area contributed by atoms with Crippen LogP contribution in [-0.2, 0) is 14.8 Å². The Balaban J connectivity index is 1.24. The first-order valence-corrected chi connectivity index (χ1v) is 13.9. The quantitative estimate of drug-likeness (QED) is 0.486. The molecule has 0 saturated carbocycles. The molecule has 2 aliphatic heterocycles. The number of likely N-dealkylation sites (tertiary alicyclic amines) is 1. The van der Waals surface area contributed by atoms with Gasteiger partial charge < -0.3 is 9.64 Å². The number of sulfonamides is 1. The summed E-state index contributed by atoms with van der Waals surface area (Å²) in [6, 6.07) is 21.2. The van der Waals surface area contributed by atoms with Gasteiger partial charge in [0.05, 0.1) is 17.5 Å². The minimum absolute atomic E-state index is 0.0811. The first kappa shape index (κ1) is 23.8. The Morgan fingerprint density at radius 2 is 1.63 bits per heavy atom. The molecule has 7 heteroatoms. The van der Waals surface area contributed by atoms with E-state index in [0.717, 1.165) is 41.5 Å². The van der Waals surface area contributed by atoms with E-state index in [0.29, 0.717) is 37.4 Å². The van der Waals surface area contributed by atoms with E-state index >= 15 is 0 Å². The van der Waals surface area contributed by atoms with Crippen LogP contribution in [0.2, 0.25) is 0 Å². The zero-order chi connectivity index (χ0) is 24.4. The van der Waals surface area contributed by atoms with Gasteiger partial charge in [-0.3, -0.25) is 4.79 Å². The van der Waals surface area contributed by atoms with Crippen LogP contribution in [-0.4, -0.2) is 49.8 Å². The van der Waals surface area contributed by atoms with E-state index < -0.39 is 10.0 Å². The number of fused-ring (bicyclic) bond motifs is 1. The number of hydrogen-bond acceptors (Lipinski definition) is 4. The summed E-state index contributed by atoms with van der Waals surface area (Å²) < 4.78 is 33.7. The molecule has 2 saturated heterocycles. The highest BCUT2D eigenvalue weighted by molar-refractivity contribution is 7.89. The average Bonchev–Trinajstić information content (AvgIpc) is 3.39. The maximum atomic E-state index is 13.5. The van der Waals surface area contributed by atoms with Gasteiger partial charge in [0.25, 0.3) is 0 Å². The van der Waals surface area contributed by atoms with Crippen molar-refractivity contribution < 1.29 is 17.9 Å². The van der Waals surface area contributed by atoms with Crippen LogP contribution in [0.4, 0.5) is 0 Å². The summed E-state index contributed by atoms with van der Waals surface area (Å²) in [5, 5.41) is 1.93. The van der Waals surface area contributed by atoms with Crippen molar-refractivity contribution in [3.8, 4) is 5.75 Å². The SMILES string of the molecule is CCOc1ccc(C2CCCN2C(=O)C2CCN(S(=O)(=O)c3ccc4ccccc4c3)CC2)cc1. The molecule has 0 N–H and O–H groups in total. The molecule has 3 aromatic carbocycles. The highest BCUT2D eigenvalue weighted by atomic mass is 32.2. The van der Waals surface area contributed by atoms with E-state index in [1.807, 2.05) is 54.3 Å². The maximum absolute atomic E-state index is 13.5. The van der Waals surface area contributed by atoms with E-state index in [1.54, 1.807) is 12.1 Å². The molecular formula is C28H32N2O4S. The lowest BCUT2D eigenvalue weighted by atomic mass is 9.95. The molecule has 0 aliphatic carbocycles. The van der Waals surface area contributed by atoms with Crippen LogP contribution in [0, 0.1) is 5.92 Å². The van der Waals surface area contributed by atoms with E-state index in [9.17, 15) is 13.2 Å². The largest absolute Gasteiger partial charge is 0.494 e. The zero-order valence-corrected chi connectivity index (χ0v) is 20.9. The third-order valence-electron chi connectivity index (χ3n) is 7.27. The van der Waals surface area contributed by atoms with E-state index in [4.69, 9.17) is 4.74 Å². The number of carbonyl (C=O) groups is 1. The summed E-state index contributed by atoms with van der Waals surface area (Å²) in [7, 11) is -3.59. The topological polar surface area (TPSA) is 66.9 Å². The summed E-state index contributed by atoms with van der Waals surface area (Å²) in [5.74, 6) is 0.859. The number of benzene rings is 3. The van der Waals surface area contributed by atoms with E-state index in [-0.39, 0.29) is 17.9 Å². The average molecular weight is 493 g/mol.